The standard InChI is InChI=1S/C13H26O6/c14-11-13(15)10-12-6-4-2-1-3-5-8-16-18-19-17-9-7-12/h12-15H,1-11H2. The summed E-state index contributed by atoms with van der Waals surface area (Å²) < 4.78 is 0. The van der Waals surface area contributed by atoms with Crippen LogP contribution in [-0.4, -0.2) is 36.1 Å². The van der Waals surface area contributed by atoms with Crippen LogP contribution in [0, 0.1) is 5.92 Å². The molecular formula is C13H26O6. The second kappa shape index (κ2) is 11.6. The molecule has 19 heavy (non-hydrogen) atoms. The van der Waals surface area contributed by atoms with Gasteiger partial charge in [-0.15, -0.1) is 0 Å². The van der Waals surface area contributed by atoms with E-state index in [1.165, 1.54) is 12.8 Å². The minimum Gasteiger partial charge on any atom is -0.394 e. The van der Waals surface area contributed by atoms with Gasteiger partial charge in [-0.1, -0.05) is 32.1 Å². The Kier molecular flexibility index (Phi) is 10.2. The van der Waals surface area contributed by atoms with Crippen molar-refractivity contribution in [3.8, 4) is 0 Å². The Hall–Kier alpha value is -0.240. The van der Waals surface area contributed by atoms with Crippen LogP contribution in [0.15, 0.2) is 0 Å². The minimum absolute atomic E-state index is 0.190. The van der Waals surface area contributed by atoms with Gasteiger partial charge in [-0.05, 0) is 35.3 Å². The van der Waals surface area contributed by atoms with Crippen molar-refractivity contribution in [2.75, 3.05) is 19.8 Å². The van der Waals surface area contributed by atoms with Crippen molar-refractivity contribution < 1.29 is 30.1 Å². The highest BCUT2D eigenvalue weighted by Gasteiger charge is 2.14. The lowest BCUT2D eigenvalue weighted by Gasteiger charge is -2.19. The highest BCUT2D eigenvalue weighted by atomic mass is 17.7. The summed E-state index contributed by atoms with van der Waals surface area (Å²) >= 11 is 0. The number of hydrogen-bond acceptors (Lipinski definition) is 6. The molecule has 6 heteroatoms. The maximum absolute atomic E-state index is 9.51. The van der Waals surface area contributed by atoms with Crippen molar-refractivity contribution >= 4 is 0 Å². The van der Waals surface area contributed by atoms with Gasteiger partial charge in [0.2, 0.25) is 0 Å². The van der Waals surface area contributed by atoms with Crippen LogP contribution < -0.4 is 0 Å². The molecule has 0 aliphatic carbocycles. The third-order valence-corrected chi connectivity index (χ3v) is 3.39. The van der Waals surface area contributed by atoms with E-state index in [0.29, 0.717) is 25.6 Å². The van der Waals surface area contributed by atoms with Gasteiger partial charge in [0, 0.05) is 0 Å². The lowest BCUT2D eigenvalue weighted by Crippen LogP contribution is -2.19. The van der Waals surface area contributed by atoms with Crippen molar-refractivity contribution in [1.29, 1.82) is 0 Å². The molecule has 0 aromatic heterocycles. The van der Waals surface area contributed by atoms with Gasteiger partial charge in [-0.3, -0.25) is 0 Å². The van der Waals surface area contributed by atoms with E-state index >= 15 is 0 Å². The van der Waals surface area contributed by atoms with Gasteiger partial charge >= 0.3 is 0 Å². The molecule has 114 valence electrons. The fraction of sp³-hybridized carbons (Fsp3) is 1.00. The second-order valence-corrected chi connectivity index (χ2v) is 5.06. The van der Waals surface area contributed by atoms with Crippen molar-refractivity contribution in [2.45, 2.75) is 57.5 Å². The first-order chi connectivity index (χ1) is 9.33. The molecule has 2 unspecified atom stereocenters. The summed E-state index contributed by atoms with van der Waals surface area (Å²) in [5.74, 6) is 0.328. The number of aliphatic hydroxyl groups excluding tert-OH is 2. The predicted octanol–water partition coefficient (Wildman–Crippen LogP) is 1.90. The molecule has 0 spiro atoms. The Morgan fingerprint density at radius 2 is 1.58 bits per heavy atom. The molecule has 0 radical (unpaired) electrons. The number of hydrogen-bond donors (Lipinski definition) is 2. The molecule has 1 heterocycles. The summed E-state index contributed by atoms with van der Waals surface area (Å²) in [6, 6.07) is 0. The van der Waals surface area contributed by atoms with Gasteiger partial charge in [0.1, 0.15) is 0 Å². The van der Waals surface area contributed by atoms with Crippen LogP contribution in [0.2, 0.25) is 0 Å². The van der Waals surface area contributed by atoms with Gasteiger partial charge in [0.05, 0.1) is 25.9 Å². The van der Waals surface area contributed by atoms with E-state index in [0.717, 1.165) is 32.1 Å². The van der Waals surface area contributed by atoms with E-state index in [1.54, 1.807) is 0 Å². The molecule has 1 saturated heterocycles. The van der Waals surface area contributed by atoms with E-state index in [2.05, 4.69) is 10.1 Å². The van der Waals surface area contributed by atoms with Crippen LogP contribution in [0.5, 0.6) is 0 Å². The van der Waals surface area contributed by atoms with Crippen molar-refractivity contribution in [3.05, 3.63) is 0 Å². The Balaban J connectivity index is 2.27. The summed E-state index contributed by atoms with van der Waals surface area (Å²) in [6.07, 6.45) is 7.30. The van der Waals surface area contributed by atoms with Gasteiger partial charge in [-0.25, -0.2) is 9.78 Å². The molecule has 0 aromatic carbocycles. The largest absolute Gasteiger partial charge is 0.394 e. The zero-order valence-corrected chi connectivity index (χ0v) is 11.5. The smallest absolute Gasteiger partial charge is 0.0857 e. The van der Waals surface area contributed by atoms with Crippen LogP contribution >= 0.6 is 0 Å². The lowest BCUT2D eigenvalue weighted by atomic mass is 9.92. The van der Waals surface area contributed by atoms with Crippen molar-refractivity contribution in [2.24, 2.45) is 5.92 Å². The molecule has 2 atom stereocenters. The van der Waals surface area contributed by atoms with E-state index < -0.39 is 6.10 Å². The molecule has 1 aliphatic rings. The Morgan fingerprint density at radius 1 is 0.895 bits per heavy atom. The monoisotopic (exact) mass is 278 g/mol. The SMILES string of the molecule is OCC(O)CC1CCCCCCCOOOOCC1. The molecule has 1 aliphatic heterocycles. The van der Waals surface area contributed by atoms with Gasteiger partial charge < -0.3 is 10.2 Å². The average molecular weight is 278 g/mol. The Bertz CT molecular complexity index is 188. The quantitative estimate of drug-likeness (QED) is 0.768. The van der Waals surface area contributed by atoms with Crippen LogP contribution in [0.1, 0.15) is 51.4 Å². The van der Waals surface area contributed by atoms with Crippen LogP contribution in [0.25, 0.3) is 0 Å². The second-order valence-electron chi connectivity index (χ2n) is 5.06. The lowest BCUT2D eigenvalue weighted by molar-refractivity contribution is -0.634. The number of rotatable bonds is 3. The van der Waals surface area contributed by atoms with Crippen LogP contribution in [0.4, 0.5) is 0 Å². The van der Waals surface area contributed by atoms with E-state index in [-0.39, 0.29) is 6.61 Å². The molecule has 0 aromatic rings. The number of aliphatic hydroxyl groups is 2. The van der Waals surface area contributed by atoms with Crippen LogP contribution in [0.3, 0.4) is 0 Å². The summed E-state index contributed by atoms with van der Waals surface area (Å²) in [5, 5.41) is 27.2. The fourth-order valence-electron chi connectivity index (χ4n) is 2.29. The predicted molar refractivity (Wildman–Crippen MR) is 67.6 cm³/mol. The third kappa shape index (κ3) is 9.32. The first-order valence-corrected chi connectivity index (χ1v) is 7.19. The third-order valence-electron chi connectivity index (χ3n) is 3.39. The summed E-state index contributed by atoms with van der Waals surface area (Å²) in [7, 11) is 0. The zero-order chi connectivity index (χ0) is 13.8. The maximum atomic E-state index is 9.51. The fourth-order valence-corrected chi connectivity index (χ4v) is 2.29. The molecule has 0 bridgehead atoms. The summed E-state index contributed by atoms with van der Waals surface area (Å²) in [5.41, 5.74) is 0. The van der Waals surface area contributed by atoms with Gasteiger partial charge in [0.15, 0.2) is 0 Å². The summed E-state index contributed by atoms with van der Waals surface area (Å²) in [6.45, 7) is 0.700. The Labute approximate surface area is 114 Å². The molecular weight excluding hydrogens is 252 g/mol. The molecule has 1 rings (SSSR count). The Morgan fingerprint density at radius 3 is 2.37 bits per heavy atom. The molecule has 6 nitrogen and oxygen atoms in total. The molecule has 0 saturated carbocycles. The van der Waals surface area contributed by atoms with Gasteiger partial charge in [0.25, 0.3) is 0 Å². The maximum Gasteiger partial charge on any atom is 0.0857 e. The van der Waals surface area contributed by atoms with Gasteiger partial charge in [-0.2, -0.15) is 0 Å². The molecule has 1 fully saturated rings. The summed E-state index contributed by atoms with van der Waals surface area (Å²) in [4.78, 5) is 9.60. The minimum atomic E-state index is -0.649. The van der Waals surface area contributed by atoms with Crippen LogP contribution in [-0.2, 0) is 19.9 Å². The average Bonchev–Trinajstić information content (AvgIpc) is 2.42. The van der Waals surface area contributed by atoms with E-state index in [9.17, 15) is 5.11 Å². The highest BCUT2D eigenvalue weighted by Crippen LogP contribution is 2.20. The normalized spacial score (nSPS) is 26.5. The molecule has 0 amide bonds. The van der Waals surface area contributed by atoms with E-state index in [4.69, 9.17) is 14.9 Å². The first kappa shape index (κ1) is 16.8. The van der Waals surface area contributed by atoms with Crippen molar-refractivity contribution in [3.63, 3.8) is 0 Å². The van der Waals surface area contributed by atoms with Crippen molar-refractivity contribution in [1.82, 2.24) is 0 Å². The van der Waals surface area contributed by atoms with E-state index in [1.807, 2.05) is 0 Å². The molecule has 2 N–H and O–H groups in total. The topological polar surface area (TPSA) is 77.4 Å². The highest BCUT2D eigenvalue weighted by molar-refractivity contribution is 4.65. The zero-order valence-electron chi connectivity index (χ0n) is 11.5. The first-order valence-electron chi connectivity index (χ1n) is 7.19.